The molecule has 0 fully saturated rings. The second kappa shape index (κ2) is 10.2. The molecule has 168 valence electrons. The number of H-pyrrole nitrogens is 1. The van der Waals surface area contributed by atoms with Crippen LogP contribution in [0.4, 0.5) is 8.78 Å². The summed E-state index contributed by atoms with van der Waals surface area (Å²) in [5.41, 5.74) is 0.321. The number of amides is 1. The Hall–Kier alpha value is -3.53. The fraction of sp³-hybridized carbons (Fsp3) is 0.318. The maximum Gasteiger partial charge on any atom is 0.255 e. The topological polar surface area (TPSA) is 95.1 Å². The molecule has 0 spiro atoms. The van der Waals surface area contributed by atoms with Crippen molar-refractivity contribution in [2.75, 3.05) is 27.2 Å². The highest BCUT2D eigenvalue weighted by Gasteiger charge is 2.20. The molecule has 1 aromatic carbocycles. The fourth-order valence-electron chi connectivity index (χ4n) is 3.08. The zero-order chi connectivity index (χ0) is 23.3. The number of nitrogens with zero attached hydrogens (tertiary/aromatic N) is 5. The van der Waals surface area contributed by atoms with E-state index in [1.54, 1.807) is 13.0 Å². The number of likely N-dealkylation sites (N-methyl/N-ethyl adjacent to an activating group) is 1. The van der Waals surface area contributed by atoms with Crippen molar-refractivity contribution < 1.29 is 13.6 Å². The Morgan fingerprint density at radius 3 is 2.47 bits per heavy atom. The molecule has 3 rings (SSSR count). The SMILES string of the molecule is Cc1nc(-c2ncccn2)[nH]c(=O)c1CC(=O)N(CCN(C)C)Cc1ccc(F)cc1F. The summed E-state index contributed by atoms with van der Waals surface area (Å²) in [7, 11) is 3.70. The molecule has 0 aliphatic heterocycles. The third kappa shape index (κ3) is 5.79. The summed E-state index contributed by atoms with van der Waals surface area (Å²) in [5, 5.41) is 0. The zero-order valence-corrected chi connectivity index (χ0v) is 18.1. The Morgan fingerprint density at radius 2 is 1.84 bits per heavy atom. The Labute approximate surface area is 184 Å². The Kier molecular flexibility index (Phi) is 7.37. The predicted molar refractivity (Wildman–Crippen MR) is 115 cm³/mol. The van der Waals surface area contributed by atoms with Crippen LogP contribution in [0.1, 0.15) is 16.8 Å². The number of carbonyl (C=O) groups excluding carboxylic acids is 1. The van der Waals surface area contributed by atoms with Gasteiger partial charge in [-0.2, -0.15) is 0 Å². The van der Waals surface area contributed by atoms with E-state index in [4.69, 9.17) is 0 Å². The summed E-state index contributed by atoms with van der Waals surface area (Å²) in [6.45, 7) is 2.43. The van der Waals surface area contributed by atoms with Gasteiger partial charge in [0.05, 0.1) is 6.42 Å². The van der Waals surface area contributed by atoms with Crippen LogP contribution in [-0.4, -0.2) is 62.8 Å². The van der Waals surface area contributed by atoms with Gasteiger partial charge >= 0.3 is 0 Å². The molecular weight excluding hydrogens is 418 g/mol. The van der Waals surface area contributed by atoms with Crippen molar-refractivity contribution in [3.05, 3.63) is 75.5 Å². The van der Waals surface area contributed by atoms with E-state index in [1.807, 2.05) is 19.0 Å². The lowest BCUT2D eigenvalue weighted by Crippen LogP contribution is -2.38. The van der Waals surface area contributed by atoms with Crippen LogP contribution in [0, 0.1) is 18.6 Å². The number of halogens is 2. The lowest BCUT2D eigenvalue weighted by atomic mass is 10.1. The first-order valence-corrected chi connectivity index (χ1v) is 9.98. The van der Waals surface area contributed by atoms with Gasteiger partial charge in [-0.1, -0.05) is 6.07 Å². The molecule has 1 N–H and O–H groups in total. The van der Waals surface area contributed by atoms with Crippen molar-refractivity contribution in [1.82, 2.24) is 29.7 Å². The van der Waals surface area contributed by atoms with Crippen molar-refractivity contribution in [1.29, 1.82) is 0 Å². The third-order valence-electron chi connectivity index (χ3n) is 4.87. The van der Waals surface area contributed by atoms with Crippen molar-refractivity contribution in [3.63, 3.8) is 0 Å². The quantitative estimate of drug-likeness (QED) is 0.573. The van der Waals surface area contributed by atoms with Crippen LogP contribution in [0.15, 0.2) is 41.5 Å². The lowest BCUT2D eigenvalue weighted by molar-refractivity contribution is -0.131. The average molecular weight is 442 g/mol. The summed E-state index contributed by atoms with van der Waals surface area (Å²) in [5.74, 6) is -1.30. The number of aromatic nitrogens is 4. The molecule has 10 heteroatoms. The lowest BCUT2D eigenvalue weighted by Gasteiger charge is -2.25. The van der Waals surface area contributed by atoms with E-state index < -0.39 is 17.2 Å². The van der Waals surface area contributed by atoms with E-state index in [0.717, 1.165) is 12.1 Å². The first-order valence-electron chi connectivity index (χ1n) is 9.98. The van der Waals surface area contributed by atoms with Gasteiger partial charge in [-0.05, 0) is 33.2 Å². The van der Waals surface area contributed by atoms with Gasteiger partial charge in [0.1, 0.15) is 11.6 Å². The summed E-state index contributed by atoms with van der Waals surface area (Å²) in [6, 6.07) is 4.89. The minimum Gasteiger partial charge on any atom is -0.337 e. The number of aromatic amines is 1. The van der Waals surface area contributed by atoms with Crippen molar-refractivity contribution in [2.24, 2.45) is 0 Å². The number of hydrogen-bond acceptors (Lipinski definition) is 6. The van der Waals surface area contributed by atoms with Gasteiger partial charge in [0.2, 0.25) is 5.91 Å². The second-order valence-electron chi connectivity index (χ2n) is 7.58. The van der Waals surface area contributed by atoms with E-state index in [2.05, 4.69) is 19.9 Å². The molecular formula is C22H24F2N6O2. The fourth-order valence-corrected chi connectivity index (χ4v) is 3.08. The zero-order valence-electron chi connectivity index (χ0n) is 18.1. The molecule has 0 radical (unpaired) electrons. The molecule has 0 saturated carbocycles. The molecule has 1 amide bonds. The summed E-state index contributed by atoms with van der Waals surface area (Å²) in [4.78, 5) is 44.2. The Morgan fingerprint density at radius 1 is 1.12 bits per heavy atom. The number of nitrogens with one attached hydrogen (secondary N) is 1. The van der Waals surface area contributed by atoms with Gasteiger partial charge < -0.3 is 14.8 Å². The molecule has 0 unspecified atom stereocenters. The molecule has 0 aliphatic carbocycles. The Balaban J connectivity index is 1.84. The van der Waals surface area contributed by atoms with E-state index in [1.165, 1.54) is 23.4 Å². The molecule has 32 heavy (non-hydrogen) atoms. The van der Waals surface area contributed by atoms with Crippen molar-refractivity contribution in [3.8, 4) is 11.6 Å². The van der Waals surface area contributed by atoms with Gasteiger partial charge in [-0.15, -0.1) is 0 Å². The van der Waals surface area contributed by atoms with Gasteiger partial charge in [0.15, 0.2) is 11.6 Å². The van der Waals surface area contributed by atoms with Crippen LogP contribution < -0.4 is 5.56 Å². The highest BCUT2D eigenvalue weighted by molar-refractivity contribution is 5.79. The van der Waals surface area contributed by atoms with Crippen molar-refractivity contribution in [2.45, 2.75) is 19.9 Å². The summed E-state index contributed by atoms with van der Waals surface area (Å²) >= 11 is 0. The van der Waals surface area contributed by atoms with E-state index in [-0.39, 0.29) is 41.6 Å². The standard InChI is InChI=1S/C22H24F2N6O2/c1-14-17(22(32)28-21(27-14)20-25-7-4-8-26-20)12-19(31)30(10-9-29(2)3)13-15-5-6-16(23)11-18(15)24/h4-8,11H,9-10,12-13H2,1-3H3,(H,27,28,32). The minimum absolute atomic E-state index is 0.0426. The van der Waals surface area contributed by atoms with Crippen LogP contribution in [0.2, 0.25) is 0 Å². The van der Waals surface area contributed by atoms with Crippen LogP contribution in [0.25, 0.3) is 11.6 Å². The third-order valence-corrected chi connectivity index (χ3v) is 4.87. The highest BCUT2D eigenvalue weighted by Crippen LogP contribution is 2.14. The maximum atomic E-state index is 14.2. The number of benzene rings is 1. The normalized spacial score (nSPS) is 11.1. The van der Waals surface area contributed by atoms with Gasteiger partial charge in [-0.25, -0.2) is 23.7 Å². The number of hydrogen-bond donors (Lipinski definition) is 1. The Bertz CT molecular complexity index is 1150. The van der Waals surface area contributed by atoms with Gasteiger partial charge in [0.25, 0.3) is 5.56 Å². The molecule has 0 bridgehead atoms. The second-order valence-corrected chi connectivity index (χ2v) is 7.58. The average Bonchev–Trinajstić information content (AvgIpc) is 2.75. The molecule has 8 nitrogen and oxygen atoms in total. The number of rotatable bonds is 8. The van der Waals surface area contributed by atoms with Crippen LogP contribution in [-0.2, 0) is 17.8 Å². The summed E-state index contributed by atoms with van der Waals surface area (Å²) < 4.78 is 27.4. The maximum absolute atomic E-state index is 14.2. The van der Waals surface area contributed by atoms with E-state index in [0.29, 0.717) is 18.8 Å². The first-order chi connectivity index (χ1) is 15.2. The van der Waals surface area contributed by atoms with E-state index >= 15 is 0 Å². The molecule has 3 aromatic rings. The van der Waals surface area contributed by atoms with Gasteiger partial charge in [-0.3, -0.25) is 9.59 Å². The van der Waals surface area contributed by atoms with Crippen LogP contribution in [0.5, 0.6) is 0 Å². The predicted octanol–water partition coefficient (Wildman–Crippen LogP) is 1.95. The van der Waals surface area contributed by atoms with E-state index in [9.17, 15) is 18.4 Å². The summed E-state index contributed by atoms with van der Waals surface area (Å²) in [6.07, 6.45) is 2.86. The van der Waals surface area contributed by atoms with Crippen LogP contribution in [0.3, 0.4) is 0 Å². The van der Waals surface area contributed by atoms with Crippen LogP contribution >= 0.6 is 0 Å². The first kappa shape index (κ1) is 23.1. The molecule has 0 saturated heterocycles. The largest absolute Gasteiger partial charge is 0.337 e. The number of carbonyl (C=O) groups is 1. The number of aryl methyl sites for hydroxylation is 1. The molecule has 0 aliphatic rings. The van der Waals surface area contributed by atoms with Crippen molar-refractivity contribution >= 4 is 5.91 Å². The molecule has 2 heterocycles. The highest BCUT2D eigenvalue weighted by atomic mass is 19.1. The smallest absolute Gasteiger partial charge is 0.255 e. The minimum atomic E-state index is -0.726. The van der Waals surface area contributed by atoms with Gasteiger partial charge in [0, 0.05) is 54.9 Å². The monoisotopic (exact) mass is 442 g/mol. The molecule has 0 atom stereocenters. The molecule has 2 aromatic heterocycles.